The van der Waals surface area contributed by atoms with Crippen molar-refractivity contribution in [2.75, 3.05) is 5.12 Å². The summed E-state index contributed by atoms with van der Waals surface area (Å²) in [6.45, 7) is 0. The number of fused-ring (bicyclic) bond motifs is 1. The van der Waals surface area contributed by atoms with Gasteiger partial charge < -0.3 is 0 Å². The van der Waals surface area contributed by atoms with Crippen LogP contribution in [0.3, 0.4) is 0 Å². The van der Waals surface area contributed by atoms with E-state index in [1.165, 1.54) is 0 Å². The monoisotopic (exact) mass is 203 g/mol. The predicted molar refractivity (Wildman–Crippen MR) is 57.1 cm³/mol. The van der Waals surface area contributed by atoms with Crippen molar-refractivity contribution in [2.24, 2.45) is 5.29 Å². The zero-order chi connectivity index (χ0) is 10.7. The van der Waals surface area contributed by atoms with Crippen LogP contribution in [0.1, 0.15) is 0 Å². The molecule has 0 aromatic heterocycles. The van der Waals surface area contributed by atoms with Gasteiger partial charge in [0.25, 0.3) is 0 Å². The molecule has 0 amide bonds. The summed E-state index contributed by atoms with van der Waals surface area (Å²) in [5, 5.41) is 13.9. The molecule has 0 aliphatic rings. The maximum Gasteiger partial charge on any atom is 0.0913 e. The third kappa shape index (κ3) is 1.65. The zero-order valence-corrected chi connectivity index (χ0v) is 7.79. The first-order chi connectivity index (χ1) is 7.36. The molecule has 0 atom stereocenters. The van der Waals surface area contributed by atoms with Gasteiger partial charge in [-0.3, -0.25) is 5.21 Å². The van der Waals surface area contributed by atoms with Gasteiger partial charge in [-0.2, -0.15) is 0 Å². The lowest BCUT2D eigenvalue weighted by atomic mass is 10.1. The highest BCUT2D eigenvalue weighted by molar-refractivity contribution is 5.93. The fourth-order valence-corrected chi connectivity index (χ4v) is 1.51. The quantitative estimate of drug-likeness (QED) is 0.593. The van der Waals surface area contributed by atoms with E-state index < -0.39 is 0 Å². The summed E-state index contributed by atoms with van der Waals surface area (Å²) in [5.74, 6) is 0. The number of nitrogens with zero attached hydrogens (tertiary/aromatic N) is 2. The predicted octanol–water partition coefficient (Wildman–Crippen LogP) is 2.22. The molecule has 0 radical (unpaired) electrons. The van der Waals surface area contributed by atoms with Gasteiger partial charge in [-0.15, -0.1) is 10.0 Å². The second-order valence-corrected chi connectivity index (χ2v) is 2.99. The molecule has 76 valence electrons. The van der Waals surface area contributed by atoms with Crippen molar-refractivity contribution < 1.29 is 5.21 Å². The lowest BCUT2D eigenvalue weighted by Gasteiger charge is -2.13. The first-order valence-corrected chi connectivity index (χ1v) is 4.37. The third-order valence-corrected chi connectivity index (χ3v) is 2.17. The first kappa shape index (κ1) is 9.57. The van der Waals surface area contributed by atoms with Gasteiger partial charge in [0.1, 0.15) is 0 Å². The van der Waals surface area contributed by atoms with Crippen LogP contribution in [-0.2, 0) is 0 Å². The van der Waals surface area contributed by atoms with Crippen molar-refractivity contribution in [3.63, 3.8) is 0 Å². The van der Waals surface area contributed by atoms with Crippen molar-refractivity contribution in [1.29, 1.82) is 0 Å². The molecule has 2 aromatic carbocycles. The highest BCUT2D eigenvalue weighted by atomic mass is 16.5. The first-order valence-electron chi connectivity index (χ1n) is 4.37. The largest absolute Gasteiger partial charge is 0.295 e. The van der Waals surface area contributed by atoms with E-state index in [4.69, 9.17) is 5.21 Å². The zero-order valence-electron chi connectivity index (χ0n) is 7.79. The highest BCUT2D eigenvalue weighted by Gasteiger charge is 2.08. The molecular weight excluding hydrogens is 194 g/mol. The van der Waals surface area contributed by atoms with Crippen molar-refractivity contribution in [1.82, 2.24) is 5.59 Å². The van der Waals surface area contributed by atoms with Crippen molar-refractivity contribution in [3.05, 3.63) is 47.4 Å². The highest BCUT2D eigenvalue weighted by Crippen LogP contribution is 2.25. The van der Waals surface area contributed by atoms with Crippen molar-refractivity contribution >= 4 is 16.5 Å². The van der Waals surface area contributed by atoms with Crippen molar-refractivity contribution in [3.8, 4) is 0 Å². The van der Waals surface area contributed by atoms with Gasteiger partial charge in [0, 0.05) is 5.39 Å². The number of hydrogen-bond acceptors (Lipinski definition) is 4. The molecule has 0 saturated heterocycles. The summed E-state index contributed by atoms with van der Waals surface area (Å²) in [7, 11) is 0. The van der Waals surface area contributed by atoms with Gasteiger partial charge in [-0.25, -0.2) is 0 Å². The fraction of sp³-hybridized carbons (Fsp3) is 0. The van der Waals surface area contributed by atoms with E-state index in [2.05, 4.69) is 5.29 Å². The maximum absolute atomic E-state index is 10.4. The smallest absolute Gasteiger partial charge is 0.0913 e. The van der Waals surface area contributed by atoms with Gasteiger partial charge in [-0.1, -0.05) is 42.0 Å². The molecule has 0 fully saturated rings. The topological polar surface area (TPSA) is 64.9 Å². The van der Waals surface area contributed by atoms with E-state index in [1.807, 2.05) is 30.3 Å². The second-order valence-electron chi connectivity index (χ2n) is 2.99. The Morgan fingerprint density at radius 2 is 1.87 bits per heavy atom. The molecule has 0 bridgehead atoms. The molecule has 0 aliphatic heterocycles. The molecule has 0 saturated carbocycles. The van der Waals surface area contributed by atoms with Crippen LogP contribution < -0.4 is 10.7 Å². The Bertz CT molecular complexity index is 482. The van der Waals surface area contributed by atoms with Gasteiger partial charge in [0.05, 0.1) is 11.0 Å². The van der Waals surface area contributed by atoms with Gasteiger partial charge in [-0.05, 0) is 11.5 Å². The Kier molecular flexibility index (Phi) is 2.57. The lowest BCUT2D eigenvalue weighted by Crippen LogP contribution is -2.29. The molecule has 5 nitrogen and oxygen atoms in total. The minimum atomic E-state index is 0.505. The van der Waals surface area contributed by atoms with Crippen LogP contribution in [0.25, 0.3) is 10.8 Å². The van der Waals surface area contributed by atoms with E-state index in [1.54, 1.807) is 17.7 Å². The molecule has 0 unspecified atom stereocenters. The van der Waals surface area contributed by atoms with Crippen LogP contribution in [0.15, 0.2) is 47.8 Å². The summed E-state index contributed by atoms with van der Waals surface area (Å²) in [5.41, 5.74) is 2.22. The summed E-state index contributed by atoms with van der Waals surface area (Å²) in [4.78, 5) is 10.4. The molecule has 0 spiro atoms. The minimum Gasteiger partial charge on any atom is -0.295 e. The molecular formula is C10H9N3O2. The molecule has 2 rings (SSSR count). The molecule has 5 heteroatoms. The van der Waals surface area contributed by atoms with Crippen LogP contribution in [0.2, 0.25) is 0 Å². The Hall–Kier alpha value is -1.98. The number of nitrogens with one attached hydrogen (secondary N) is 1. The Morgan fingerprint density at radius 1 is 1.13 bits per heavy atom. The number of anilines is 1. The fourth-order valence-electron chi connectivity index (χ4n) is 1.51. The molecule has 2 aromatic rings. The van der Waals surface area contributed by atoms with E-state index in [-0.39, 0.29) is 0 Å². The summed E-state index contributed by atoms with van der Waals surface area (Å²) in [6, 6.07) is 12.9. The Labute approximate surface area is 85.8 Å². The van der Waals surface area contributed by atoms with Gasteiger partial charge in [0.2, 0.25) is 0 Å². The summed E-state index contributed by atoms with van der Waals surface area (Å²) in [6.07, 6.45) is 0. The van der Waals surface area contributed by atoms with E-state index in [0.717, 1.165) is 15.9 Å². The molecule has 0 heterocycles. The average molecular weight is 203 g/mol. The SMILES string of the molecule is O=NN(NO)c1cccc2ccccc12. The van der Waals surface area contributed by atoms with E-state index in [0.29, 0.717) is 5.69 Å². The standard InChI is InChI=1S/C10H9N3O2/c14-11-13(12-15)10-7-3-5-8-4-1-2-6-9(8)10/h1-7,11,14H. The summed E-state index contributed by atoms with van der Waals surface area (Å²) >= 11 is 0. The van der Waals surface area contributed by atoms with Crippen LogP contribution in [0.5, 0.6) is 0 Å². The van der Waals surface area contributed by atoms with Gasteiger partial charge in [0.15, 0.2) is 0 Å². The number of nitroso groups, excluding NO2 is 1. The number of hydrazine groups is 1. The third-order valence-electron chi connectivity index (χ3n) is 2.17. The molecule has 15 heavy (non-hydrogen) atoms. The molecule has 0 aliphatic carbocycles. The Balaban J connectivity index is 2.64. The minimum absolute atomic E-state index is 0.505. The average Bonchev–Trinajstić information content (AvgIpc) is 2.31. The van der Waals surface area contributed by atoms with E-state index >= 15 is 0 Å². The van der Waals surface area contributed by atoms with Crippen LogP contribution in [0, 0.1) is 4.91 Å². The lowest BCUT2D eigenvalue weighted by molar-refractivity contribution is 0.155. The number of hydrogen-bond donors (Lipinski definition) is 2. The van der Waals surface area contributed by atoms with Crippen LogP contribution in [-0.4, -0.2) is 5.21 Å². The number of rotatable bonds is 3. The van der Waals surface area contributed by atoms with Crippen LogP contribution in [0.4, 0.5) is 5.69 Å². The second kappa shape index (κ2) is 4.04. The van der Waals surface area contributed by atoms with Crippen molar-refractivity contribution in [2.45, 2.75) is 0 Å². The summed E-state index contributed by atoms with van der Waals surface area (Å²) < 4.78 is 0. The van der Waals surface area contributed by atoms with Gasteiger partial charge >= 0.3 is 0 Å². The molecule has 2 N–H and O–H groups in total. The van der Waals surface area contributed by atoms with Crippen LogP contribution >= 0.6 is 0 Å². The maximum atomic E-state index is 10.4. The van der Waals surface area contributed by atoms with E-state index in [9.17, 15) is 4.91 Å². The normalized spacial score (nSPS) is 10.2. The Morgan fingerprint density at radius 3 is 2.60 bits per heavy atom. The number of benzene rings is 2.